The van der Waals surface area contributed by atoms with Gasteiger partial charge in [0.2, 0.25) is 0 Å². The Morgan fingerprint density at radius 2 is 2.00 bits per heavy atom. The van der Waals surface area contributed by atoms with Crippen LogP contribution in [0.15, 0.2) is 0 Å². The highest BCUT2D eigenvalue weighted by atomic mass is 32.2. The van der Waals surface area contributed by atoms with E-state index >= 15 is 0 Å². The Labute approximate surface area is 109 Å². The second kappa shape index (κ2) is 6.72. The zero-order valence-electron chi connectivity index (χ0n) is 10.6. The average Bonchev–Trinajstić information content (AvgIpc) is 2.96. The molecule has 18 heavy (non-hydrogen) atoms. The maximum atomic E-state index is 11.6. The van der Waals surface area contributed by atoms with E-state index in [2.05, 4.69) is 10.6 Å². The SMILES string of the molecule is CC(CS(C)=O)NC(=O)NC(CC(=O)O)C1CC1. The van der Waals surface area contributed by atoms with Gasteiger partial charge in [0.05, 0.1) is 6.42 Å². The van der Waals surface area contributed by atoms with Crippen LogP contribution >= 0.6 is 0 Å². The number of carbonyl (C=O) groups is 2. The monoisotopic (exact) mass is 276 g/mol. The molecule has 6 nitrogen and oxygen atoms in total. The fourth-order valence-corrected chi connectivity index (χ4v) is 2.64. The largest absolute Gasteiger partial charge is 0.481 e. The van der Waals surface area contributed by atoms with Crippen molar-refractivity contribution in [3.05, 3.63) is 0 Å². The van der Waals surface area contributed by atoms with E-state index in [1.54, 1.807) is 13.2 Å². The molecule has 0 aromatic rings. The first kappa shape index (κ1) is 14.9. The van der Waals surface area contributed by atoms with Crippen molar-refractivity contribution in [1.29, 1.82) is 0 Å². The smallest absolute Gasteiger partial charge is 0.315 e. The van der Waals surface area contributed by atoms with E-state index in [4.69, 9.17) is 5.11 Å². The summed E-state index contributed by atoms with van der Waals surface area (Å²) in [4.78, 5) is 22.3. The third kappa shape index (κ3) is 6.00. The van der Waals surface area contributed by atoms with Gasteiger partial charge >= 0.3 is 12.0 Å². The quantitative estimate of drug-likeness (QED) is 0.623. The van der Waals surface area contributed by atoms with Crippen molar-refractivity contribution in [1.82, 2.24) is 10.6 Å². The highest BCUT2D eigenvalue weighted by Gasteiger charge is 2.33. The van der Waals surface area contributed by atoms with Crippen LogP contribution in [0.1, 0.15) is 26.2 Å². The Balaban J connectivity index is 2.36. The van der Waals surface area contributed by atoms with Crippen molar-refractivity contribution in [2.24, 2.45) is 5.92 Å². The number of carboxylic acids is 1. The van der Waals surface area contributed by atoms with E-state index in [9.17, 15) is 13.8 Å². The first-order chi connectivity index (χ1) is 8.38. The number of hydrogen-bond acceptors (Lipinski definition) is 3. The summed E-state index contributed by atoms with van der Waals surface area (Å²) in [7, 11) is -0.967. The van der Waals surface area contributed by atoms with Crippen LogP contribution in [0.3, 0.4) is 0 Å². The van der Waals surface area contributed by atoms with Gasteiger partial charge in [-0.25, -0.2) is 4.79 Å². The molecule has 2 amide bonds. The van der Waals surface area contributed by atoms with Gasteiger partial charge in [0, 0.05) is 34.9 Å². The first-order valence-corrected chi connectivity index (χ1v) is 7.70. The van der Waals surface area contributed by atoms with Gasteiger partial charge in [0.15, 0.2) is 0 Å². The molecule has 3 atom stereocenters. The molecule has 0 radical (unpaired) electrons. The number of aliphatic carboxylic acids is 1. The van der Waals surface area contributed by atoms with Gasteiger partial charge in [0.1, 0.15) is 0 Å². The Hall–Kier alpha value is -1.11. The molecule has 0 bridgehead atoms. The van der Waals surface area contributed by atoms with Crippen molar-refractivity contribution in [3.8, 4) is 0 Å². The van der Waals surface area contributed by atoms with Crippen LogP contribution in [0.4, 0.5) is 4.79 Å². The summed E-state index contributed by atoms with van der Waals surface area (Å²) < 4.78 is 11.0. The Bertz CT molecular complexity index is 344. The predicted molar refractivity (Wildman–Crippen MR) is 68.8 cm³/mol. The lowest BCUT2D eigenvalue weighted by Crippen LogP contribution is -2.48. The van der Waals surface area contributed by atoms with E-state index in [0.29, 0.717) is 5.75 Å². The van der Waals surface area contributed by atoms with Crippen LogP contribution in [0.2, 0.25) is 0 Å². The van der Waals surface area contributed by atoms with E-state index in [1.807, 2.05) is 0 Å². The summed E-state index contributed by atoms with van der Waals surface area (Å²) in [6.07, 6.45) is 3.46. The van der Waals surface area contributed by atoms with Crippen molar-refractivity contribution in [2.45, 2.75) is 38.3 Å². The van der Waals surface area contributed by atoms with Gasteiger partial charge in [0.25, 0.3) is 0 Å². The average molecular weight is 276 g/mol. The number of hydrogen-bond donors (Lipinski definition) is 3. The molecule has 0 aromatic carbocycles. The summed E-state index contributed by atoms with van der Waals surface area (Å²) >= 11 is 0. The fraction of sp³-hybridized carbons (Fsp3) is 0.818. The van der Waals surface area contributed by atoms with Crippen LogP contribution < -0.4 is 10.6 Å². The van der Waals surface area contributed by atoms with E-state index in [1.165, 1.54) is 0 Å². The second-order valence-corrected chi connectivity index (χ2v) is 6.28. The van der Waals surface area contributed by atoms with Crippen molar-refractivity contribution in [3.63, 3.8) is 0 Å². The molecule has 1 rings (SSSR count). The Morgan fingerprint density at radius 1 is 1.39 bits per heavy atom. The minimum Gasteiger partial charge on any atom is -0.481 e. The van der Waals surface area contributed by atoms with E-state index in [-0.39, 0.29) is 30.5 Å². The molecule has 1 saturated carbocycles. The molecule has 0 aliphatic heterocycles. The molecule has 1 aliphatic carbocycles. The molecular weight excluding hydrogens is 256 g/mol. The van der Waals surface area contributed by atoms with Gasteiger partial charge in [-0.3, -0.25) is 9.00 Å². The van der Waals surface area contributed by atoms with Crippen molar-refractivity contribution >= 4 is 22.8 Å². The third-order valence-corrected chi connectivity index (χ3v) is 3.73. The molecule has 0 aromatic heterocycles. The maximum Gasteiger partial charge on any atom is 0.315 e. The molecule has 104 valence electrons. The summed E-state index contributed by atoms with van der Waals surface area (Å²) in [5.74, 6) is -0.238. The normalized spacial score (nSPS) is 19.7. The molecule has 1 fully saturated rings. The van der Waals surface area contributed by atoms with Gasteiger partial charge < -0.3 is 15.7 Å². The number of carbonyl (C=O) groups excluding carboxylic acids is 1. The summed E-state index contributed by atoms with van der Waals surface area (Å²) in [5, 5.41) is 14.1. The molecule has 0 spiro atoms. The van der Waals surface area contributed by atoms with Gasteiger partial charge in [-0.15, -0.1) is 0 Å². The van der Waals surface area contributed by atoms with Crippen molar-refractivity contribution < 1.29 is 18.9 Å². The van der Waals surface area contributed by atoms with Gasteiger partial charge in [-0.1, -0.05) is 0 Å². The number of amides is 2. The number of carboxylic acid groups (broad SMARTS) is 1. The lowest BCUT2D eigenvalue weighted by molar-refractivity contribution is -0.137. The van der Waals surface area contributed by atoms with Gasteiger partial charge in [-0.05, 0) is 25.7 Å². The van der Waals surface area contributed by atoms with Crippen LogP contribution in [0, 0.1) is 5.92 Å². The Kier molecular flexibility index (Phi) is 5.58. The highest BCUT2D eigenvalue weighted by Crippen LogP contribution is 2.33. The minimum atomic E-state index is -0.967. The maximum absolute atomic E-state index is 11.6. The highest BCUT2D eigenvalue weighted by molar-refractivity contribution is 7.84. The standard InChI is InChI=1S/C11H20N2O4S/c1-7(6-18(2)17)12-11(16)13-9(5-10(14)15)8-3-4-8/h7-9H,3-6H2,1-2H3,(H,14,15)(H2,12,13,16). The number of urea groups is 1. The molecule has 0 heterocycles. The second-order valence-electron chi connectivity index (χ2n) is 4.80. The lowest BCUT2D eigenvalue weighted by Gasteiger charge is -2.19. The minimum absolute atomic E-state index is 0.0494. The predicted octanol–water partition coefficient (Wildman–Crippen LogP) is 0.306. The lowest BCUT2D eigenvalue weighted by atomic mass is 10.1. The molecule has 7 heteroatoms. The topological polar surface area (TPSA) is 95.5 Å². The van der Waals surface area contributed by atoms with Crippen LogP contribution in [0.5, 0.6) is 0 Å². The van der Waals surface area contributed by atoms with Crippen LogP contribution in [0.25, 0.3) is 0 Å². The van der Waals surface area contributed by atoms with Gasteiger partial charge in [-0.2, -0.15) is 0 Å². The zero-order chi connectivity index (χ0) is 13.7. The molecule has 3 N–H and O–H groups in total. The Morgan fingerprint density at radius 3 is 2.44 bits per heavy atom. The van der Waals surface area contributed by atoms with Crippen molar-refractivity contribution in [2.75, 3.05) is 12.0 Å². The number of nitrogens with one attached hydrogen (secondary N) is 2. The third-order valence-electron chi connectivity index (χ3n) is 2.76. The molecule has 3 unspecified atom stereocenters. The van der Waals surface area contributed by atoms with E-state index < -0.39 is 16.8 Å². The molecule has 0 saturated heterocycles. The summed E-state index contributed by atoms with van der Waals surface area (Å²) in [6.45, 7) is 1.77. The number of rotatable bonds is 7. The zero-order valence-corrected chi connectivity index (χ0v) is 11.5. The fourth-order valence-electron chi connectivity index (χ4n) is 1.85. The summed E-state index contributed by atoms with van der Waals surface area (Å²) in [6, 6.07) is -0.881. The van der Waals surface area contributed by atoms with Crippen LogP contribution in [-0.2, 0) is 15.6 Å². The summed E-state index contributed by atoms with van der Waals surface area (Å²) in [5.41, 5.74) is 0. The van der Waals surface area contributed by atoms with E-state index in [0.717, 1.165) is 12.8 Å². The molecular formula is C11H20N2O4S. The van der Waals surface area contributed by atoms with Crippen LogP contribution in [-0.4, -0.2) is 45.4 Å². The molecule has 1 aliphatic rings. The first-order valence-electron chi connectivity index (χ1n) is 5.97.